The summed E-state index contributed by atoms with van der Waals surface area (Å²) in [6.07, 6.45) is -4.36. The second kappa shape index (κ2) is 12.2. The molecule has 11 nitrogen and oxygen atoms in total. The molecule has 0 aromatic rings. The molecule has 7 N–H and O–H groups in total. The maximum absolute atomic E-state index is 12.7. The van der Waals surface area contributed by atoms with Crippen molar-refractivity contribution in [3.63, 3.8) is 0 Å². The fraction of sp³-hybridized carbons (Fsp3) is 0.960. The molecule has 0 spiro atoms. The molecule has 2 heterocycles. The first-order valence-corrected chi connectivity index (χ1v) is 13.2. The Labute approximate surface area is 213 Å². The number of nitrogens with two attached hydrogens (primary N) is 1. The van der Waals surface area contributed by atoms with Crippen LogP contribution in [0.15, 0.2) is 0 Å². The van der Waals surface area contributed by atoms with Gasteiger partial charge in [-0.1, -0.05) is 13.8 Å². The van der Waals surface area contributed by atoms with Crippen molar-refractivity contribution >= 4 is 6.09 Å². The Morgan fingerprint density at radius 2 is 1.81 bits per heavy atom. The molecule has 3 fully saturated rings. The number of aliphatic hydroxyl groups excluding tert-OH is 4. The topological polar surface area (TPSA) is 173 Å². The van der Waals surface area contributed by atoms with E-state index in [9.17, 15) is 25.2 Å². The molecule has 36 heavy (non-hydrogen) atoms. The van der Waals surface area contributed by atoms with Crippen LogP contribution in [0.5, 0.6) is 0 Å². The highest BCUT2D eigenvalue weighted by Gasteiger charge is 2.52. The third-order valence-corrected chi connectivity index (χ3v) is 7.54. The van der Waals surface area contributed by atoms with Gasteiger partial charge >= 0.3 is 6.09 Å². The Kier molecular flexibility index (Phi) is 10.0. The molecule has 3 rings (SSSR count). The van der Waals surface area contributed by atoms with E-state index in [-0.39, 0.29) is 31.0 Å². The lowest BCUT2D eigenvalue weighted by Gasteiger charge is -2.50. The predicted molar refractivity (Wildman–Crippen MR) is 130 cm³/mol. The van der Waals surface area contributed by atoms with E-state index in [2.05, 4.69) is 19.2 Å². The van der Waals surface area contributed by atoms with E-state index in [0.29, 0.717) is 0 Å². The molecule has 0 aromatic carbocycles. The number of rotatable bonds is 6. The summed E-state index contributed by atoms with van der Waals surface area (Å²) in [5.41, 5.74) is 5.76. The van der Waals surface area contributed by atoms with Gasteiger partial charge in [-0.2, -0.15) is 0 Å². The fourth-order valence-electron chi connectivity index (χ4n) is 5.63. The summed E-state index contributed by atoms with van der Waals surface area (Å²) in [6.45, 7) is 9.02. The largest absolute Gasteiger partial charge is 0.444 e. The number of carbonyl (C=O) groups excluding carboxylic acids is 1. The molecule has 2 aliphatic heterocycles. The minimum Gasteiger partial charge on any atom is -0.444 e. The fourth-order valence-corrected chi connectivity index (χ4v) is 5.63. The van der Waals surface area contributed by atoms with E-state index in [4.69, 9.17) is 24.7 Å². The average molecular weight is 519 g/mol. The van der Waals surface area contributed by atoms with Gasteiger partial charge in [0.1, 0.15) is 23.9 Å². The van der Waals surface area contributed by atoms with E-state index in [1.54, 1.807) is 20.8 Å². The maximum atomic E-state index is 12.7. The van der Waals surface area contributed by atoms with Crippen LogP contribution in [-0.4, -0.2) is 99.8 Å². The van der Waals surface area contributed by atoms with Gasteiger partial charge in [-0.15, -0.1) is 0 Å². The lowest BCUT2D eigenvalue weighted by Crippen LogP contribution is -2.66. The number of hydrogen-bond acceptors (Lipinski definition) is 10. The van der Waals surface area contributed by atoms with Crippen LogP contribution < -0.4 is 11.1 Å². The van der Waals surface area contributed by atoms with Gasteiger partial charge in [0, 0.05) is 24.4 Å². The molecule has 1 saturated carbocycles. The molecule has 3 aliphatic rings. The van der Waals surface area contributed by atoms with Crippen molar-refractivity contribution in [2.45, 2.75) is 133 Å². The molecule has 0 radical (unpaired) electrons. The molecule has 210 valence electrons. The van der Waals surface area contributed by atoms with Crippen molar-refractivity contribution in [1.29, 1.82) is 0 Å². The Morgan fingerprint density at radius 3 is 2.42 bits per heavy atom. The van der Waals surface area contributed by atoms with Gasteiger partial charge in [-0.3, -0.25) is 0 Å². The third kappa shape index (κ3) is 7.08. The van der Waals surface area contributed by atoms with Crippen molar-refractivity contribution in [1.82, 2.24) is 5.32 Å². The molecule has 1 amide bonds. The zero-order valence-electron chi connectivity index (χ0n) is 22.1. The number of nitrogens with one attached hydrogen (secondary N) is 1. The summed E-state index contributed by atoms with van der Waals surface area (Å²) in [4.78, 5) is 12.7. The molecular formula is C25H46N2O9. The first-order valence-electron chi connectivity index (χ1n) is 13.2. The molecule has 12 unspecified atom stereocenters. The van der Waals surface area contributed by atoms with Crippen molar-refractivity contribution in [3.8, 4) is 0 Å². The Hall–Kier alpha value is -1.05. The molecule has 12 atom stereocenters. The van der Waals surface area contributed by atoms with Crippen molar-refractivity contribution < 1.29 is 44.2 Å². The lowest BCUT2D eigenvalue weighted by atomic mass is 9.70. The van der Waals surface area contributed by atoms with Crippen LogP contribution >= 0.6 is 0 Å². The summed E-state index contributed by atoms with van der Waals surface area (Å²) in [7, 11) is 0. The molecule has 2 saturated heterocycles. The second-order valence-corrected chi connectivity index (χ2v) is 11.6. The minimum atomic E-state index is -1.18. The highest BCUT2D eigenvalue weighted by atomic mass is 16.7. The number of ether oxygens (including phenoxy) is 4. The van der Waals surface area contributed by atoms with Gasteiger partial charge in [0.25, 0.3) is 0 Å². The highest BCUT2D eigenvalue weighted by Crippen LogP contribution is 2.39. The SMILES string of the molecule is CCC1CCC(C)C(C2C(NC(=O)OC(C)(C)C)CC(N)C(OC3OC(CO)C(O)CC3O)C2O)O1. The van der Waals surface area contributed by atoms with Crippen LogP contribution in [0.25, 0.3) is 0 Å². The first-order chi connectivity index (χ1) is 16.8. The Balaban J connectivity index is 1.83. The van der Waals surface area contributed by atoms with Crippen molar-refractivity contribution in [2.24, 2.45) is 17.6 Å². The van der Waals surface area contributed by atoms with Crippen molar-refractivity contribution in [2.75, 3.05) is 6.61 Å². The van der Waals surface area contributed by atoms with Crippen LogP contribution in [0.1, 0.15) is 66.7 Å². The van der Waals surface area contributed by atoms with Gasteiger partial charge in [0.2, 0.25) is 0 Å². The summed E-state index contributed by atoms with van der Waals surface area (Å²) in [5, 5.41) is 44.5. The van der Waals surface area contributed by atoms with Gasteiger partial charge in [-0.25, -0.2) is 4.79 Å². The van der Waals surface area contributed by atoms with Crippen molar-refractivity contribution in [3.05, 3.63) is 0 Å². The van der Waals surface area contributed by atoms with E-state index in [1.807, 2.05) is 0 Å². The molecule has 0 aromatic heterocycles. The Morgan fingerprint density at radius 1 is 1.11 bits per heavy atom. The van der Waals surface area contributed by atoms with Crippen LogP contribution in [0.4, 0.5) is 4.79 Å². The second-order valence-electron chi connectivity index (χ2n) is 11.6. The zero-order chi connectivity index (χ0) is 26.8. The van der Waals surface area contributed by atoms with E-state index in [1.165, 1.54) is 0 Å². The van der Waals surface area contributed by atoms with E-state index >= 15 is 0 Å². The molecule has 0 bridgehead atoms. The van der Waals surface area contributed by atoms with Gasteiger partial charge < -0.3 is 50.4 Å². The monoisotopic (exact) mass is 518 g/mol. The number of hydrogen-bond donors (Lipinski definition) is 6. The first kappa shape index (κ1) is 29.5. The van der Waals surface area contributed by atoms with Gasteiger partial charge in [0.05, 0.1) is 31.0 Å². The number of alkyl carbamates (subject to hydrolysis) is 1. The third-order valence-electron chi connectivity index (χ3n) is 7.54. The average Bonchev–Trinajstić information content (AvgIpc) is 2.77. The smallest absolute Gasteiger partial charge is 0.407 e. The molecule has 1 aliphatic carbocycles. The van der Waals surface area contributed by atoms with Crippen LogP contribution in [-0.2, 0) is 18.9 Å². The number of amides is 1. The normalized spacial score (nSPS) is 44.2. The van der Waals surface area contributed by atoms with Crippen LogP contribution in [0.3, 0.4) is 0 Å². The summed E-state index contributed by atoms with van der Waals surface area (Å²) in [6, 6.07) is -1.23. The minimum absolute atomic E-state index is 0.0405. The van der Waals surface area contributed by atoms with Gasteiger partial charge in [0.15, 0.2) is 6.29 Å². The highest BCUT2D eigenvalue weighted by molar-refractivity contribution is 5.68. The molecular weight excluding hydrogens is 472 g/mol. The Bertz CT molecular complexity index is 720. The zero-order valence-corrected chi connectivity index (χ0v) is 22.1. The van der Waals surface area contributed by atoms with Gasteiger partial charge in [-0.05, 0) is 52.4 Å². The quantitative estimate of drug-likeness (QED) is 0.289. The number of aliphatic hydroxyl groups is 4. The predicted octanol–water partition coefficient (Wildman–Crippen LogP) is 0.396. The van der Waals surface area contributed by atoms with Crippen LogP contribution in [0, 0.1) is 11.8 Å². The number of carbonyl (C=O) groups is 1. The van der Waals surface area contributed by atoms with Crippen LogP contribution in [0.2, 0.25) is 0 Å². The standard InChI is InChI=1S/C25H46N2O9/c1-6-13-8-7-12(2)21(33-13)19-15(27-24(32)36-25(3,4)5)9-14(26)22(20(19)31)35-23-17(30)10-16(29)18(11-28)34-23/h12-23,28-31H,6-11,26H2,1-5H3,(H,27,32). The maximum Gasteiger partial charge on any atom is 0.407 e. The summed E-state index contributed by atoms with van der Waals surface area (Å²) in [5.74, 6) is -0.428. The summed E-state index contributed by atoms with van der Waals surface area (Å²) >= 11 is 0. The summed E-state index contributed by atoms with van der Waals surface area (Å²) < 4.78 is 23.5. The molecule has 11 heteroatoms. The lowest BCUT2D eigenvalue weighted by molar-refractivity contribution is -0.301. The van der Waals surface area contributed by atoms with E-state index in [0.717, 1.165) is 19.3 Å². The van der Waals surface area contributed by atoms with E-state index < -0.39 is 73.1 Å².